The van der Waals surface area contributed by atoms with Crippen molar-refractivity contribution >= 4 is 17.3 Å². The highest BCUT2D eigenvalue weighted by atomic mass is 35.5. The number of anilines is 1. The average Bonchev–Trinajstić information content (AvgIpc) is 2.39. The number of hydrogen-bond acceptors (Lipinski definition) is 3. The zero-order valence-electron chi connectivity index (χ0n) is 10.7. The average molecular weight is 267 g/mol. The summed E-state index contributed by atoms with van der Waals surface area (Å²) in [5.41, 5.74) is 1.41. The summed E-state index contributed by atoms with van der Waals surface area (Å²) in [7, 11) is 0. The number of benzene rings is 1. The molecule has 18 heavy (non-hydrogen) atoms. The molecule has 3 nitrogen and oxygen atoms in total. The SMILES string of the molecule is CCCCOCCCNc1ccc(Cl)cc1C#N. The Morgan fingerprint density at radius 1 is 1.33 bits per heavy atom. The maximum atomic E-state index is 8.97. The van der Waals surface area contributed by atoms with Crippen molar-refractivity contribution in [2.75, 3.05) is 25.1 Å². The molecule has 0 aliphatic rings. The summed E-state index contributed by atoms with van der Waals surface area (Å²) in [5, 5.41) is 12.8. The van der Waals surface area contributed by atoms with Crippen LogP contribution in [-0.4, -0.2) is 19.8 Å². The van der Waals surface area contributed by atoms with Crippen molar-refractivity contribution in [1.82, 2.24) is 0 Å². The van der Waals surface area contributed by atoms with E-state index < -0.39 is 0 Å². The predicted molar refractivity (Wildman–Crippen MR) is 75.0 cm³/mol. The fourth-order valence-corrected chi connectivity index (χ4v) is 1.68. The first-order chi connectivity index (χ1) is 8.77. The van der Waals surface area contributed by atoms with E-state index >= 15 is 0 Å². The first-order valence-corrected chi connectivity index (χ1v) is 6.67. The van der Waals surface area contributed by atoms with Gasteiger partial charge in [0.2, 0.25) is 0 Å². The Hall–Kier alpha value is -1.24. The van der Waals surface area contributed by atoms with Gasteiger partial charge in [-0.15, -0.1) is 0 Å². The highest BCUT2D eigenvalue weighted by Crippen LogP contribution is 2.19. The molecule has 0 aliphatic carbocycles. The van der Waals surface area contributed by atoms with Gasteiger partial charge in [0.05, 0.1) is 11.3 Å². The molecule has 0 aromatic heterocycles. The molecule has 0 saturated heterocycles. The van der Waals surface area contributed by atoms with Crippen LogP contribution >= 0.6 is 11.6 Å². The van der Waals surface area contributed by atoms with E-state index in [9.17, 15) is 0 Å². The lowest BCUT2D eigenvalue weighted by atomic mass is 10.2. The number of ether oxygens (including phenoxy) is 1. The van der Waals surface area contributed by atoms with Crippen LogP contribution in [0.4, 0.5) is 5.69 Å². The quantitative estimate of drug-likeness (QED) is 0.728. The molecule has 0 fully saturated rings. The second-order valence-corrected chi connectivity index (χ2v) is 4.48. The van der Waals surface area contributed by atoms with Gasteiger partial charge < -0.3 is 10.1 Å². The van der Waals surface area contributed by atoms with Gasteiger partial charge in [0.15, 0.2) is 0 Å². The molecule has 1 rings (SSSR count). The fourth-order valence-electron chi connectivity index (χ4n) is 1.51. The Labute approximate surface area is 114 Å². The van der Waals surface area contributed by atoms with Crippen LogP contribution < -0.4 is 5.32 Å². The van der Waals surface area contributed by atoms with Crippen LogP contribution in [0.1, 0.15) is 31.7 Å². The lowest BCUT2D eigenvalue weighted by Gasteiger charge is -2.08. The monoisotopic (exact) mass is 266 g/mol. The van der Waals surface area contributed by atoms with Crippen molar-refractivity contribution in [1.29, 1.82) is 5.26 Å². The summed E-state index contributed by atoms with van der Waals surface area (Å²) in [6.45, 7) is 4.53. The second kappa shape index (κ2) is 8.79. The summed E-state index contributed by atoms with van der Waals surface area (Å²) in [5.74, 6) is 0. The van der Waals surface area contributed by atoms with Gasteiger partial charge in [-0.25, -0.2) is 0 Å². The van der Waals surface area contributed by atoms with E-state index in [4.69, 9.17) is 21.6 Å². The highest BCUT2D eigenvalue weighted by molar-refractivity contribution is 6.30. The van der Waals surface area contributed by atoms with Crippen molar-refractivity contribution in [2.45, 2.75) is 26.2 Å². The minimum absolute atomic E-state index is 0.578. The summed E-state index contributed by atoms with van der Waals surface area (Å²) in [6.07, 6.45) is 3.20. The van der Waals surface area contributed by atoms with Crippen molar-refractivity contribution in [3.63, 3.8) is 0 Å². The second-order valence-electron chi connectivity index (χ2n) is 4.05. The van der Waals surface area contributed by atoms with Gasteiger partial charge in [-0.1, -0.05) is 24.9 Å². The van der Waals surface area contributed by atoms with Gasteiger partial charge in [0, 0.05) is 24.8 Å². The molecule has 0 aliphatic heterocycles. The largest absolute Gasteiger partial charge is 0.384 e. The third-order valence-corrected chi connectivity index (χ3v) is 2.76. The highest BCUT2D eigenvalue weighted by Gasteiger charge is 2.01. The van der Waals surface area contributed by atoms with Crippen LogP contribution in [0.5, 0.6) is 0 Å². The maximum Gasteiger partial charge on any atom is 0.101 e. The van der Waals surface area contributed by atoms with E-state index in [1.165, 1.54) is 0 Å². The third-order valence-electron chi connectivity index (χ3n) is 2.53. The zero-order chi connectivity index (χ0) is 13.2. The normalized spacial score (nSPS) is 10.1. The van der Waals surface area contributed by atoms with Gasteiger partial charge in [-0.3, -0.25) is 0 Å². The standard InChI is InChI=1S/C14H19ClN2O/c1-2-3-8-18-9-4-7-17-14-6-5-13(15)10-12(14)11-16/h5-6,10,17H,2-4,7-9H2,1H3. The maximum absolute atomic E-state index is 8.97. The number of rotatable bonds is 8. The molecule has 0 amide bonds. The molecular formula is C14H19ClN2O. The topological polar surface area (TPSA) is 45.0 Å². The Morgan fingerprint density at radius 3 is 2.83 bits per heavy atom. The zero-order valence-corrected chi connectivity index (χ0v) is 11.5. The molecule has 4 heteroatoms. The third kappa shape index (κ3) is 5.39. The molecule has 0 radical (unpaired) electrons. The first kappa shape index (κ1) is 14.8. The van der Waals surface area contributed by atoms with Crippen LogP contribution in [0, 0.1) is 11.3 Å². The van der Waals surface area contributed by atoms with Gasteiger partial charge in [0.1, 0.15) is 6.07 Å². The molecule has 0 unspecified atom stereocenters. The molecule has 1 N–H and O–H groups in total. The molecule has 1 aromatic rings. The first-order valence-electron chi connectivity index (χ1n) is 6.29. The van der Waals surface area contributed by atoms with Crippen LogP contribution in [0.15, 0.2) is 18.2 Å². The molecule has 0 bridgehead atoms. The predicted octanol–water partition coefficient (Wildman–Crippen LogP) is 3.83. The van der Waals surface area contributed by atoms with Gasteiger partial charge in [-0.05, 0) is 31.0 Å². The summed E-state index contributed by atoms with van der Waals surface area (Å²) >= 11 is 5.83. The van der Waals surface area contributed by atoms with E-state index in [1.54, 1.807) is 12.1 Å². The number of nitrogens with zero attached hydrogens (tertiary/aromatic N) is 1. The Morgan fingerprint density at radius 2 is 2.11 bits per heavy atom. The molecular weight excluding hydrogens is 248 g/mol. The van der Waals surface area contributed by atoms with Crippen LogP contribution in [0.3, 0.4) is 0 Å². The summed E-state index contributed by atoms with van der Waals surface area (Å²) in [4.78, 5) is 0. The fraction of sp³-hybridized carbons (Fsp3) is 0.500. The number of nitrogens with one attached hydrogen (secondary N) is 1. The van der Waals surface area contributed by atoms with E-state index in [0.717, 1.165) is 44.7 Å². The van der Waals surface area contributed by atoms with E-state index in [1.807, 2.05) is 6.07 Å². The molecule has 0 atom stereocenters. The molecule has 0 saturated carbocycles. The Kier molecular flexibility index (Phi) is 7.24. The lowest BCUT2D eigenvalue weighted by molar-refractivity contribution is 0.131. The molecule has 98 valence electrons. The van der Waals surface area contributed by atoms with Crippen molar-refractivity contribution in [3.8, 4) is 6.07 Å². The summed E-state index contributed by atoms with van der Waals surface area (Å²) in [6, 6.07) is 7.41. The minimum Gasteiger partial charge on any atom is -0.384 e. The van der Waals surface area contributed by atoms with Crippen LogP contribution in [0.2, 0.25) is 5.02 Å². The lowest BCUT2D eigenvalue weighted by Crippen LogP contribution is -2.07. The smallest absolute Gasteiger partial charge is 0.101 e. The number of halogens is 1. The minimum atomic E-state index is 0.578. The van der Waals surface area contributed by atoms with E-state index in [0.29, 0.717) is 10.6 Å². The van der Waals surface area contributed by atoms with Crippen LogP contribution in [-0.2, 0) is 4.74 Å². The van der Waals surface area contributed by atoms with Crippen molar-refractivity contribution in [2.24, 2.45) is 0 Å². The van der Waals surface area contributed by atoms with Crippen molar-refractivity contribution in [3.05, 3.63) is 28.8 Å². The van der Waals surface area contributed by atoms with Gasteiger partial charge >= 0.3 is 0 Å². The number of nitriles is 1. The van der Waals surface area contributed by atoms with Crippen molar-refractivity contribution < 1.29 is 4.74 Å². The van der Waals surface area contributed by atoms with Crippen LogP contribution in [0.25, 0.3) is 0 Å². The summed E-state index contributed by atoms with van der Waals surface area (Å²) < 4.78 is 5.46. The number of unbranched alkanes of at least 4 members (excludes halogenated alkanes) is 1. The van der Waals surface area contributed by atoms with Gasteiger partial charge in [-0.2, -0.15) is 5.26 Å². The van der Waals surface area contributed by atoms with E-state index in [-0.39, 0.29) is 0 Å². The van der Waals surface area contributed by atoms with Gasteiger partial charge in [0.25, 0.3) is 0 Å². The Bertz CT molecular complexity index is 401. The molecule has 1 aromatic carbocycles. The van der Waals surface area contributed by atoms with E-state index in [2.05, 4.69) is 18.3 Å². The Balaban J connectivity index is 2.25. The number of hydrogen-bond donors (Lipinski definition) is 1. The molecule has 0 spiro atoms. The molecule has 0 heterocycles.